The average Bonchev–Trinajstić information content (AvgIpc) is 3.27. The molecule has 0 atom stereocenters. The lowest BCUT2D eigenvalue weighted by molar-refractivity contribution is -0.135. The topological polar surface area (TPSA) is 78.9 Å². The second-order valence-electron chi connectivity index (χ2n) is 5.55. The minimum atomic E-state index is -0.937. The van der Waals surface area contributed by atoms with Crippen molar-refractivity contribution in [3.63, 3.8) is 0 Å². The van der Waals surface area contributed by atoms with Crippen molar-refractivity contribution in [1.29, 1.82) is 0 Å². The van der Waals surface area contributed by atoms with Crippen molar-refractivity contribution in [1.82, 2.24) is 4.90 Å². The molecule has 1 fully saturated rings. The third kappa shape index (κ3) is 3.26. The van der Waals surface area contributed by atoms with Crippen molar-refractivity contribution in [3.8, 4) is 5.75 Å². The number of para-hydroxylation sites is 1. The molecule has 0 spiro atoms. The maximum absolute atomic E-state index is 12.1. The predicted molar refractivity (Wildman–Crippen MR) is 76.2 cm³/mol. The molecular weight excluding hydrogens is 272 g/mol. The van der Waals surface area contributed by atoms with Crippen LogP contribution in [0.4, 0.5) is 5.69 Å². The summed E-state index contributed by atoms with van der Waals surface area (Å²) in [6.45, 7) is 1.13. The normalized spacial score (nSPS) is 17.7. The molecule has 21 heavy (non-hydrogen) atoms. The van der Waals surface area contributed by atoms with Gasteiger partial charge in [-0.05, 0) is 24.8 Å². The van der Waals surface area contributed by atoms with Gasteiger partial charge >= 0.3 is 5.97 Å². The molecule has 1 aromatic carbocycles. The zero-order valence-electron chi connectivity index (χ0n) is 11.7. The second-order valence-corrected chi connectivity index (χ2v) is 5.55. The predicted octanol–water partition coefficient (Wildman–Crippen LogP) is 1.31. The van der Waals surface area contributed by atoms with Crippen LogP contribution in [0.25, 0.3) is 0 Å². The molecule has 6 nitrogen and oxygen atoms in total. The molecule has 112 valence electrons. The number of carbonyl (C=O) groups excluding carboxylic acids is 1. The van der Waals surface area contributed by atoms with E-state index in [0.717, 1.165) is 12.1 Å². The van der Waals surface area contributed by atoms with Crippen molar-refractivity contribution in [3.05, 3.63) is 23.8 Å². The van der Waals surface area contributed by atoms with Crippen molar-refractivity contribution in [2.75, 3.05) is 25.0 Å². The van der Waals surface area contributed by atoms with Crippen LogP contribution in [-0.4, -0.2) is 41.6 Å². The Bertz CT molecular complexity index is 569. The fourth-order valence-corrected chi connectivity index (χ4v) is 2.49. The zero-order chi connectivity index (χ0) is 14.8. The zero-order valence-corrected chi connectivity index (χ0v) is 11.7. The number of anilines is 1. The van der Waals surface area contributed by atoms with Gasteiger partial charge in [0.25, 0.3) is 5.91 Å². The summed E-state index contributed by atoms with van der Waals surface area (Å²) >= 11 is 0. The molecule has 1 aromatic rings. The number of ether oxygens (including phenoxy) is 1. The number of amides is 1. The van der Waals surface area contributed by atoms with E-state index in [4.69, 9.17) is 9.84 Å². The Hall–Kier alpha value is -2.24. The molecule has 1 aliphatic carbocycles. The molecule has 1 heterocycles. The summed E-state index contributed by atoms with van der Waals surface area (Å²) in [5, 5.41) is 11.6. The van der Waals surface area contributed by atoms with Crippen LogP contribution < -0.4 is 10.1 Å². The van der Waals surface area contributed by atoms with E-state index in [-0.39, 0.29) is 19.1 Å². The van der Waals surface area contributed by atoms with E-state index >= 15 is 0 Å². The van der Waals surface area contributed by atoms with E-state index in [1.807, 2.05) is 17.0 Å². The van der Waals surface area contributed by atoms with Crippen LogP contribution in [0, 0.1) is 5.92 Å². The Kier molecular flexibility index (Phi) is 3.68. The highest BCUT2D eigenvalue weighted by Crippen LogP contribution is 2.34. The van der Waals surface area contributed by atoms with Gasteiger partial charge in [-0.25, -0.2) is 0 Å². The van der Waals surface area contributed by atoms with Gasteiger partial charge in [0.2, 0.25) is 0 Å². The van der Waals surface area contributed by atoms with Crippen molar-refractivity contribution >= 4 is 17.6 Å². The number of hydrogen-bond acceptors (Lipinski definition) is 4. The first-order chi connectivity index (χ1) is 10.1. The van der Waals surface area contributed by atoms with Crippen LogP contribution >= 0.6 is 0 Å². The molecule has 6 heteroatoms. The fraction of sp³-hybridized carbons (Fsp3) is 0.467. The monoisotopic (exact) mass is 290 g/mol. The highest BCUT2D eigenvalue weighted by Gasteiger charge is 2.29. The lowest BCUT2D eigenvalue weighted by Crippen LogP contribution is -2.34. The molecule has 0 radical (unpaired) electrons. The number of hydrogen-bond donors (Lipinski definition) is 2. The van der Waals surface area contributed by atoms with E-state index in [9.17, 15) is 9.59 Å². The summed E-state index contributed by atoms with van der Waals surface area (Å²) in [6.07, 6.45) is 2.38. The Balaban J connectivity index is 1.80. The van der Waals surface area contributed by atoms with Gasteiger partial charge in [0.05, 0.1) is 5.69 Å². The van der Waals surface area contributed by atoms with Crippen LogP contribution in [0.5, 0.6) is 5.75 Å². The van der Waals surface area contributed by atoms with E-state index in [1.165, 1.54) is 12.8 Å². The Labute approximate surface area is 122 Å². The third-order valence-electron chi connectivity index (χ3n) is 3.76. The van der Waals surface area contributed by atoms with E-state index in [2.05, 4.69) is 5.32 Å². The van der Waals surface area contributed by atoms with Crippen molar-refractivity contribution in [2.24, 2.45) is 5.92 Å². The standard InChI is InChI=1S/C15H18N2O4/c18-13-9-21-15-11(8-17(13)7-10-4-5-10)2-1-3-12(15)16-6-14(19)20/h1-3,10,16H,4-9H2,(H,19,20). The van der Waals surface area contributed by atoms with E-state index < -0.39 is 5.97 Å². The van der Waals surface area contributed by atoms with Gasteiger partial charge in [-0.3, -0.25) is 9.59 Å². The molecule has 3 rings (SSSR count). The highest BCUT2D eigenvalue weighted by molar-refractivity contribution is 5.80. The van der Waals surface area contributed by atoms with Crippen molar-refractivity contribution < 1.29 is 19.4 Å². The average molecular weight is 290 g/mol. The smallest absolute Gasteiger partial charge is 0.322 e. The van der Waals surface area contributed by atoms with Gasteiger partial charge in [0.1, 0.15) is 12.3 Å². The molecule has 2 N–H and O–H groups in total. The maximum Gasteiger partial charge on any atom is 0.322 e. The summed E-state index contributed by atoms with van der Waals surface area (Å²) in [7, 11) is 0. The molecule has 0 saturated heterocycles. The van der Waals surface area contributed by atoms with Gasteiger partial charge in [0, 0.05) is 18.7 Å². The number of rotatable bonds is 5. The maximum atomic E-state index is 12.1. The first-order valence-electron chi connectivity index (χ1n) is 7.11. The van der Waals surface area contributed by atoms with Crippen molar-refractivity contribution in [2.45, 2.75) is 19.4 Å². The molecular formula is C15H18N2O4. The third-order valence-corrected chi connectivity index (χ3v) is 3.76. The van der Waals surface area contributed by atoms with Gasteiger partial charge < -0.3 is 20.1 Å². The van der Waals surface area contributed by atoms with Gasteiger partial charge in [-0.1, -0.05) is 12.1 Å². The molecule has 0 bridgehead atoms. The number of carboxylic acids is 1. The van der Waals surface area contributed by atoms with Crippen LogP contribution in [0.3, 0.4) is 0 Å². The van der Waals surface area contributed by atoms with Gasteiger partial charge in [0.15, 0.2) is 6.61 Å². The fourth-order valence-electron chi connectivity index (χ4n) is 2.49. The Morgan fingerprint density at radius 3 is 2.95 bits per heavy atom. The molecule has 0 unspecified atom stereocenters. The summed E-state index contributed by atoms with van der Waals surface area (Å²) in [5.41, 5.74) is 1.54. The van der Waals surface area contributed by atoms with Gasteiger partial charge in [-0.2, -0.15) is 0 Å². The SMILES string of the molecule is O=C(O)CNc1cccc2c1OCC(=O)N(CC1CC1)C2. The summed E-state index contributed by atoms with van der Waals surface area (Å²) in [4.78, 5) is 24.6. The number of benzene rings is 1. The molecule has 1 amide bonds. The first-order valence-corrected chi connectivity index (χ1v) is 7.11. The Morgan fingerprint density at radius 2 is 2.24 bits per heavy atom. The molecule has 1 aliphatic heterocycles. The summed E-state index contributed by atoms with van der Waals surface area (Å²) in [5.74, 6) is 0.268. The Morgan fingerprint density at radius 1 is 1.43 bits per heavy atom. The number of aliphatic carboxylic acids is 1. The lowest BCUT2D eigenvalue weighted by Gasteiger charge is -2.19. The molecule has 2 aliphatic rings. The first kappa shape index (κ1) is 13.7. The number of nitrogens with zero attached hydrogens (tertiary/aromatic N) is 1. The van der Waals surface area contributed by atoms with E-state index in [0.29, 0.717) is 23.9 Å². The number of carbonyl (C=O) groups is 2. The van der Waals surface area contributed by atoms with Crippen LogP contribution in [0.15, 0.2) is 18.2 Å². The largest absolute Gasteiger partial charge is 0.481 e. The minimum absolute atomic E-state index is 0.00544. The quantitative estimate of drug-likeness (QED) is 0.855. The van der Waals surface area contributed by atoms with Crippen LogP contribution in [-0.2, 0) is 16.1 Å². The van der Waals surface area contributed by atoms with Crippen LogP contribution in [0.2, 0.25) is 0 Å². The van der Waals surface area contributed by atoms with E-state index in [1.54, 1.807) is 6.07 Å². The number of nitrogens with one attached hydrogen (secondary N) is 1. The second kappa shape index (κ2) is 5.63. The number of carboxylic acid groups (broad SMARTS) is 1. The minimum Gasteiger partial charge on any atom is -0.481 e. The van der Waals surface area contributed by atoms with Gasteiger partial charge in [-0.15, -0.1) is 0 Å². The molecule has 0 aromatic heterocycles. The molecule has 1 saturated carbocycles. The van der Waals surface area contributed by atoms with Crippen LogP contribution in [0.1, 0.15) is 18.4 Å². The summed E-state index contributed by atoms with van der Waals surface area (Å²) in [6, 6.07) is 5.53. The summed E-state index contributed by atoms with van der Waals surface area (Å²) < 4.78 is 5.61. The highest BCUT2D eigenvalue weighted by atomic mass is 16.5. The number of fused-ring (bicyclic) bond motifs is 1. The lowest BCUT2D eigenvalue weighted by atomic mass is 10.1.